The zero-order chi connectivity index (χ0) is 27.9. The number of carbonyl (C=O) groups excluding carboxylic acids is 2. The Labute approximate surface area is 228 Å². The van der Waals surface area contributed by atoms with E-state index in [2.05, 4.69) is 17.6 Å². The Morgan fingerprint density at radius 3 is 2.69 bits per heavy atom. The molecule has 1 unspecified atom stereocenters. The van der Waals surface area contributed by atoms with Crippen molar-refractivity contribution in [3.8, 4) is 0 Å². The van der Waals surface area contributed by atoms with E-state index in [-0.39, 0.29) is 43.3 Å². The number of nitrogens with zero attached hydrogens (tertiary/aromatic N) is 1. The fourth-order valence-electron chi connectivity index (χ4n) is 5.47. The Morgan fingerprint density at radius 1 is 1.21 bits per heavy atom. The summed E-state index contributed by atoms with van der Waals surface area (Å²) < 4.78 is 33.7. The van der Waals surface area contributed by atoms with E-state index in [1.807, 2.05) is 31.2 Å². The van der Waals surface area contributed by atoms with Crippen LogP contribution in [0.25, 0.3) is 0 Å². The lowest BCUT2D eigenvalue weighted by Gasteiger charge is -2.29. The molecule has 9 heteroatoms. The van der Waals surface area contributed by atoms with Crippen molar-refractivity contribution in [1.82, 2.24) is 15.5 Å². The van der Waals surface area contributed by atoms with Crippen molar-refractivity contribution < 1.29 is 28.2 Å². The Hall–Kier alpha value is -2.88. The zero-order valence-corrected chi connectivity index (χ0v) is 22.7. The van der Waals surface area contributed by atoms with Crippen LogP contribution in [0.2, 0.25) is 0 Å². The zero-order valence-electron chi connectivity index (χ0n) is 22.7. The molecule has 2 amide bonds. The first-order valence-electron chi connectivity index (χ1n) is 13.8. The van der Waals surface area contributed by atoms with Gasteiger partial charge in [-0.25, -0.2) is 8.78 Å². The van der Waals surface area contributed by atoms with Gasteiger partial charge in [-0.3, -0.25) is 9.59 Å². The molecule has 3 N–H and O–H groups in total. The molecule has 2 aromatic rings. The van der Waals surface area contributed by atoms with Crippen LogP contribution in [0.5, 0.6) is 0 Å². The molecule has 2 aliphatic rings. The molecule has 2 saturated heterocycles. The molecule has 2 aliphatic heterocycles. The van der Waals surface area contributed by atoms with Crippen molar-refractivity contribution in [2.45, 2.75) is 76.8 Å². The molecule has 39 heavy (non-hydrogen) atoms. The van der Waals surface area contributed by atoms with E-state index >= 15 is 0 Å². The summed E-state index contributed by atoms with van der Waals surface area (Å²) in [7, 11) is 0. The van der Waals surface area contributed by atoms with Crippen molar-refractivity contribution in [2.24, 2.45) is 5.92 Å². The lowest BCUT2D eigenvalue weighted by Crippen LogP contribution is -2.53. The minimum Gasteiger partial charge on any atom is -0.389 e. The number of rotatable bonds is 12. The molecule has 0 bridgehead atoms. The molecular formula is C30H39F2N3O4. The quantitative estimate of drug-likeness (QED) is 0.358. The van der Waals surface area contributed by atoms with Crippen LogP contribution in [0.15, 0.2) is 42.5 Å². The Balaban J connectivity index is 1.43. The molecule has 7 nitrogen and oxygen atoms in total. The number of amides is 2. The van der Waals surface area contributed by atoms with E-state index < -0.39 is 29.7 Å². The fourth-order valence-corrected chi connectivity index (χ4v) is 5.47. The summed E-state index contributed by atoms with van der Waals surface area (Å²) in [5.74, 6) is -2.49. The van der Waals surface area contributed by atoms with Crippen molar-refractivity contribution >= 4 is 11.8 Å². The van der Waals surface area contributed by atoms with Crippen molar-refractivity contribution in [3.63, 3.8) is 0 Å². The summed E-state index contributed by atoms with van der Waals surface area (Å²) in [5, 5.41) is 17.5. The van der Waals surface area contributed by atoms with Crippen LogP contribution in [0.4, 0.5) is 8.78 Å². The number of nitrogens with one attached hydrogen (secondary N) is 2. The largest absolute Gasteiger partial charge is 0.389 e. The molecular weight excluding hydrogens is 504 g/mol. The molecule has 212 valence electrons. The van der Waals surface area contributed by atoms with Crippen LogP contribution < -0.4 is 10.6 Å². The third kappa shape index (κ3) is 8.06. The number of likely N-dealkylation sites (tertiary alicyclic amines) is 1. The SMILES string of the molecule is CCCCO[C@H]1CN[C@@H]([C@@H](O)[C@H](Cc2cc(F)cc(F)c2)NC(=O)C2CC(=O)N(Cc3cccc(C)c3)C2)C1. The van der Waals surface area contributed by atoms with Gasteiger partial charge in [0.05, 0.1) is 24.2 Å². The number of ether oxygens (including phenoxy) is 1. The number of benzene rings is 2. The second-order valence-corrected chi connectivity index (χ2v) is 10.8. The third-order valence-electron chi connectivity index (χ3n) is 7.55. The van der Waals surface area contributed by atoms with Gasteiger partial charge in [-0.05, 0) is 49.4 Å². The van der Waals surface area contributed by atoms with Crippen LogP contribution in [-0.4, -0.2) is 65.8 Å². The molecule has 5 atom stereocenters. The van der Waals surface area contributed by atoms with Crippen molar-refractivity contribution in [2.75, 3.05) is 19.7 Å². The predicted octanol–water partition coefficient (Wildman–Crippen LogP) is 3.26. The maximum Gasteiger partial charge on any atom is 0.225 e. The van der Waals surface area contributed by atoms with E-state index in [0.29, 0.717) is 31.7 Å². The summed E-state index contributed by atoms with van der Waals surface area (Å²) in [6, 6.07) is 9.91. The lowest BCUT2D eigenvalue weighted by molar-refractivity contribution is -0.129. The number of aryl methyl sites for hydroxylation is 1. The number of hydrogen-bond donors (Lipinski definition) is 3. The molecule has 0 aromatic heterocycles. The van der Waals surface area contributed by atoms with Gasteiger partial charge >= 0.3 is 0 Å². The molecule has 2 fully saturated rings. The second-order valence-electron chi connectivity index (χ2n) is 10.8. The van der Waals surface area contributed by atoms with E-state index in [1.165, 1.54) is 12.1 Å². The first-order chi connectivity index (χ1) is 18.7. The van der Waals surface area contributed by atoms with Crippen molar-refractivity contribution in [3.05, 3.63) is 70.8 Å². The fraction of sp³-hybridized carbons (Fsp3) is 0.533. The van der Waals surface area contributed by atoms with Crippen LogP contribution in [0.3, 0.4) is 0 Å². The smallest absolute Gasteiger partial charge is 0.225 e. The average molecular weight is 544 g/mol. The predicted molar refractivity (Wildman–Crippen MR) is 144 cm³/mol. The maximum absolute atomic E-state index is 13.9. The van der Waals surface area contributed by atoms with Gasteiger partial charge in [0.2, 0.25) is 11.8 Å². The van der Waals surface area contributed by atoms with Crippen LogP contribution >= 0.6 is 0 Å². The van der Waals surface area contributed by atoms with Gasteiger partial charge < -0.3 is 25.4 Å². The Morgan fingerprint density at radius 2 is 1.97 bits per heavy atom. The van der Waals surface area contributed by atoms with Gasteiger partial charge in [0.15, 0.2) is 0 Å². The number of aliphatic hydroxyl groups excluding tert-OH is 1. The van der Waals surface area contributed by atoms with Gasteiger partial charge in [0, 0.05) is 44.8 Å². The Bertz CT molecular complexity index is 1130. The van der Waals surface area contributed by atoms with E-state index in [1.54, 1.807) is 4.90 Å². The highest BCUT2D eigenvalue weighted by Gasteiger charge is 2.39. The highest BCUT2D eigenvalue weighted by molar-refractivity contribution is 5.89. The normalized spacial score (nSPS) is 22.7. The van der Waals surface area contributed by atoms with Crippen molar-refractivity contribution in [1.29, 1.82) is 0 Å². The van der Waals surface area contributed by atoms with Gasteiger partial charge in [-0.1, -0.05) is 43.2 Å². The summed E-state index contributed by atoms with van der Waals surface area (Å²) in [4.78, 5) is 27.7. The number of aliphatic hydroxyl groups is 1. The van der Waals surface area contributed by atoms with Crippen LogP contribution in [-0.2, 0) is 27.3 Å². The van der Waals surface area contributed by atoms with Gasteiger partial charge in [-0.2, -0.15) is 0 Å². The van der Waals surface area contributed by atoms with E-state index in [4.69, 9.17) is 4.74 Å². The van der Waals surface area contributed by atoms with E-state index in [9.17, 15) is 23.5 Å². The standard InChI is InChI=1S/C30H39F2N3O4/c1-3-4-8-39-25-15-26(33-16-25)29(37)27(12-21-10-23(31)14-24(32)11-21)34-30(38)22-13-28(36)35(18-22)17-20-7-5-6-19(2)9-20/h5-7,9-11,14,22,25-27,29,33,37H,3-4,8,12-13,15-18H2,1-2H3,(H,34,38)/t22?,25-,26-,27+,29-/m1/s1. The second kappa shape index (κ2) is 13.5. The number of carbonyl (C=O) groups is 2. The molecule has 2 heterocycles. The van der Waals surface area contributed by atoms with E-state index in [0.717, 1.165) is 30.0 Å². The van der Waals surface area contributed by atoms with Gasteiger partial charge in [0.25, 0.3) is 0 Å². The summed E-state index contributed by atoms with van der Waals surface area (Å²) >= 11 is 0. The first-order valence-corrected chi connectivity index (χ1v) is 13.8. The number of hydrogen-bond acceptors (Lipinski definition) is 5. The molecule has 2 aromatic carbocycles. The monoisotopic (exact) mass is 543 g/mol. The van der Waals surface area contributed by atoms with Crippen LogP contribution in [0.1, 0.15) is 49.3 Å². The summed E-state index contributed by atoms with van der Waals surface area (Å²) in [6.45, 7) is 5.98. The summed E-state index contributed by atoms with van der Waals surface area (Å²) in [5.41, 5.74) is 2.42. The molecule has 4 rings (SSSR count). The molecule has 0 radical (unpaired) electrons. The number of unbranched alkanes of at least 4 members (excludes halogenated alkanes) is 1. The Kier molecular flexibility index (Phi) is 10.0. The minimum atomic E-state index is -1.03. The number of halogens is 2. The maximum atomic E-state index is 13.9. The molecule has 0 saturated carbocycles. The minimum absolute atomic E-state index is 0.0365. The highest BCUT2D eigenvalue weighted by atomic mass is 19.1. The lowest BCUT2D eigenvalue weighted by atomic mass is 9.94. The average Bonchev–Trinajstić information content (AvgIpc) is 3.50. The summed E-state index contributed by atoms with van der Waals surface area (Å²) in [6.07, 6.45) is 1.56. The first kappa shape index (κ1) is 29.1. The third-order valence-corrected chi connectivity index (χ3v) is 7.55. The van der Waals surface area contributed by atoms with Gasteiger partial charge in [0.1, 0.15) is 11.6 Å². The topological polar surface area (TPSA) is 90.9 Å². The highest BCUT2D eigenvalue weighted by Crippen LogP contribution is 2.23. The van der Waals surface area contributed by atoms with Gasteiger partial charge in [-0.15, -0.1) is 0 Å². The molecule has 0 spiro atoms. The van der Waals surface area contributed by atoms with Crippen LogP contribution in [0, 0.1) is 24.5 Å². The molecule has 0 aliphatic carbocycles.